The Hall–Kier alpha value is -2.80. The molecule has 0 saturated carbocycles. The maximum absolute atomic E-state index is 5.96. The zero-order chi connectivity index (χ0) is 16.4. The van der Waals surface area contributed by atoms with Crippen molar-refractivity contribution in [2.45, 2.75) is 12.6 Å². The molecule has 4 rings (SSSR count). The van der Waals surface area contributed by atoms with Crippen LogP contribution in [0.5, 0.6) is 11.5 Å². The van der Waals surface area contributed by atoms with Gasteiger partial charge in [-0.3, -0.25) is 4.90 Å². The van der Waals surface area contributed by atoms with Crippen molar-refractivity contribution >= 4 is 0 Å². The molecule has 24 heavy (non-hydrogen) atoms. The van der Waals surface area contributed by atoms with Gasteiger partial charge < -0.3 is 18.3 Å². The van der Waals surface area contributed by atoms with Gasteiger partial charge in [-0.25, -0.2) is 0 Å². The van der Waals surface area contributed by atoms with Crippen LogP contribution >= 0.6 is 0 Å². The van der Waals surface area contributed by atoms with Crippen LogP contribution in [0.15, 0.2) is 51.5 Å². The van der Waals surface area contributed by atoms with Crippen molar-refractivity contribution in [3.8, 4) is 23.1 Å². The highest BCUT2D eigenvalue weighted by molar-refractivity contribution is 5.42. The van der Waals surface area contributed by atoms with Crippen molar-refractivity contribution in [2.75, 3.05) is 20.2 Å². The third-order valence-electron chi connectivity index (χ3n) is 3.69. The minimum atomic E-state index is -0.0441. The molecule has 1 atom stereocenters. The first kappa shape index (κ1) is 14.8. The summed E-state index contributed by atoms with van der Waals surface area (Å²) < 4.78 is 22.5. The number of benzene rings is 1. The topological polar surface area (TPSA) is 73.8 Å². The van der Waals surface area contributed by atoms with Crippen LogP contribution in [0.25, 0.3) is 11.7 Å². The monoisotopic (exact) mass is 327 g/mol. The molecule has 0 spiro atoms. The van der Waals surface area contributed by atoms with E-state index in [1.165, 1.54) is 0 Å². The van der Waals surface area contributed by atoms with E-state index in [0.717, 1.165) is 11.5 Å². The van der Waals surface area contributed by atoms with Crippen molar-refractivity contribution in [3.05, 3.63) is 48.6 Å². The smallest absolute Gasteiger partial charge is 0.283 e. The Labute approximate surface area is 138 Å². The van der Waals surface area contributed by atoms with E-state index in [0.29, 0.717) is 37.2 Å². The van der Waals surface area contributed by atoms with Crippen molar-refractivity contribution in [1.82, 2.24) is 15.1 Å². The molecule has 1 aromatic carbocycles. The molecule has 0 bridgehead atoms. The molecule has 0 fully saturated rings. The molecule has 0 aliphatic carbocycles. The summed E-state index contributed by atoms with van der Waals surface area (Å²) >= 11 is 0. The first-order valence-corrected chi connectivity index (χ1v) is 7.71. The van der Waals surface area contributed by atoms with E-state index in [2.05, 4.69) is 15.1 Å². The van der Waals surface area contributed by atoms with E-state index < -0.39 is 0 Å². The second kappa shape index (κ2) is 6.37. The first-order chi connectivity index (χ1) is 11.8. The number of likely N-dealkylation sites (N-methyl/N-ethyl adjacent to an activating group) is 1. The van der Waals surface area contributed by atoms with Gasteiger partial charge in [0.1, 0.15) is 12.7 Å². The molecule has 0 saturated heterocycles. The molecule has 7 heteroatoms. The number of rotatable bonds is 5. The molecule has 0 amide bonds. The highest BCUT2D eigenvalue weighted by Crippen LogP contribution is 2.31. The summed E-state index contributed by atoms with van der Waals surface area (Å²) in [6, 6.07) is 11.2. The SMILES string of the molecule is CN(Cc1nnc(-c2ccco2)o1)CC1COc2ccccc2O1. The number of furan rings is 1. The lowest BCUT2D eigenvalue weighted by atomic mass is 10.2. The Bertz CT molecular complexity index is 800. The quantitative estimate of drug-likeness (QED) is 0.713. The molecule has 3 heterocycles. The lowest BCUT2D eigenvalue weighted by Crippen LogP contribution is -2.39. The van der Waals surface area contributed by atoms with E-state index in [1.807, 2.05) is 31.3 Å². The maximum Gasteiger partial charge on any atom is 0.283 e. The van der Waals surface area contributed by atoms with Gasteiger partial charge in [0.15, 0.2) is 17.3 Å². The summed E-state index contributed by atoms with van der Waals surface area (Å²) in [5.74, 6) is 3.05. The second-order valence-corrected chi connectivity index (χ2v) is 5.67. The summed E-state index contributed by atoms with van der Waals surface area (Å²) in [4.78, 5) is 2.06. The van der Waals surface area contributed by atoms with Gasteiger partial charge in [0.2, 0.25) is 5.89 Å². The molecule has 1 unspecified atom stereocenters. The zero-order valence-electron chi connectivity index (χ0n) is 13.2. The van der Waals surface area contributed by atoms with Crippen molar-refractivity contribution in [3.63, 3.8) is 0 Å². The molecule has 0 N–H and O–H groups in total. The van der Waals surface area contributed by atoms with Gasteiger partial charge in [0.05, 0.1) is 12.8 Å². The van der Waals surface area contributed by atoms with Crippen molar-refractivity contribution in [2.24, 2.45) is 0 Å². The molecule has 7 nitrogen and oxygen atoms in total. The fraction of sp³-hybridized carbons (Fsp3) is 0.294. The maximum atomic E-state index is 5.96. The van der Waals surface area contributed by atoms with E-state index in [4.69, 9.17) is 18.3 Å². The number of fused-ring (bicyclic) bond motifs is 1. The molecule has 124 valence electrons. The number of hydrogen-bond acceptors (Lipinski definition) is 7. The van der Waals surface area contributed by atoms with E-state index in [9.17, 15) is 0 Å². The standard InChI is InChI=1S/C17H17N3O4/c1-20(9-12-11-22-13-5-2-3-6-14(13)23-12)10-16-18-19-17(24-16)15-7-4-8-21-15/h2-8,12H,9-11H2,1H3. The average Bonchev–Trinajstić information content (AvgIpc) is 3.26. The molecular formula is C17H17N3O4. The van der Waals surface area contributed by atoms with Crippen molar-refractivity contribution < 1.29 is 18.3 Å². The van der Waals surface area contributed by atoms with Gasteiger partial charge in [0, 0.05) is 6.54 Å². The van der Waals surface area contributed by atoms with Gasteiger partial charge >= 0.3 is 0 Å². The summed E-state index contributed by atoms with van der Waals surface area (Å²) in [7, 11) is 1.97. The normalized spacial score (nSPS) is 16.5. The predicted molar refractivity (Wildman–Crippen MR) is 84.7 cm³/mol. The van der Waals surface area contributed by atoms with E-state index in [-0.39, 0.29) is 6.10 Å². The molecule has 2 aromatic heterocycles. The molecule has 0 radical (unpaired) electrons. The summed E-state index contributed by atoms with van der Waals surface area (Å²) in [6.07, 6.45) is 1.53. The Morgan fingerprint density at radius 1 is 1.12 bits per heavy atom. The average molecular weight is 327 g/mol. The minimum Gasteiger partial charge on any atom is -0.486 e. The lowest BCUT2D eigenvalue weighted by molar-refractivity contribution is 0.0619. The summed E-state index contributed by atoms with van der Waals surface area (Å²) in [5.41, 5.74) is 0. The molecule has 3 aromatic rings. The molecule has 1 aliphatic heterocycles. The van der Waals surface area contributed by atoms with Crippen LogP contribution in [0.4, 0.5) is 0 Å². The van der Waals surface area contributed by atoms with Gasteiger partial charge in [-0.1, -0.05) is 12.1 Å². The van der Waals surface area contributed by atoms with Crippen molar-refractivity contribution in [1.29, 1.82) is 0 Å². The van der Waals surface area contributed by atoms with Gasteiger partial charge in [-0.15, -0.1) is 10.2 Å². The predicted octanol–water partition coefficient (Wildman–Crippen LogP) is 2.60. The highest BCUT2D eigenvalue weighted by atomic mass is 16.6. The summed E-state index contributed by atoms with van der Waals surface area (Å²) in [6.45, 7) is 1.73. The van der Waals surface area contributed by atoms with Crippen LogP contribution in [0, 0.1) is 0 Å². The number of nitrogens with zero attached hydrogens (tertiary/aromatic N) is 3. The Kier molecular flexibility index (Phi) is 3.92. The van der Waals surface area contributed by atoms with Crippen LogP contribution in [0.3, 0.4) is 0 Å². The Morgan fingerprint density at radius 2 is 2.00 bits per heavy atom. The lowest BCUT2D eigenvalue weighted by Gasteiger charge is -2.29. The molecular weight excluding hydrogens is 310 g/mol. The summed E-state index contributed by atoms with van der Waals surface area (Å²) in [5, 5.41) is 8.05. The fourth-order valence-corrected chi connectivity index (χ4v) is 2.61. The highest BCUT2D eigenvalue weighted by Gasteiger charge is 2.22. The molecule has 1 aliphatic rings. The van der Waals surface area contributed by atoms with E-state index in [1.54, 1.807) is 18.4 Å². The second-order valence-electron chi connectivity index (χ2n) is 5.67. The number of aromatic nitrogens is 2. The van der Waals surface area contributed by atoms with Gasteiger partial charge in [-0.2, -0.15) is 0 Å². The fourth-order valence-electron chi connectivity index (χ4n) is 2.61. The van der Waals surface area contributed by atoms with E-state index >= 15 is 0 Å². The third kappa shape index (κ3) is 3.11. The van der Waals surface area contributed by atoms with Crippen LogP contribution < -0.4 is 9.47 Å². The number of hydrogen-bond donors (Lipinski definition) is 0. The van der Waals surface area contributed by atoms with Crippen LogP contribution in [-0.4, -0.2) is 41.4 Å². The number of para-hydroxylation sites is 2. The minimum absolute atomic E-state index is 0.0441. The van der Waals surface area contributed by atoms with Crippen LogP contribution in [0.2, 0.25) is 0 Å². The number of ether oxygens (including phenoxy) is 2. The van der Waals surface area contributed by atoms with Gasteiger partial charge in [0.25, 0.3) is 5.89 Å². The Balaban J connectivity index is 1.35. The van der Waals surface area contributed by atoms with Crippen LogP contribution in [0.1, 0.15) is 5.89 Å². The zero-order valence-corrected chi connectivity index (χ0v) is 13.2. The van der Waals surface area contributed by atoms with Crippen LogP contribution in [-0.2, 0) is 6.54 Å². The Morgan fingerprint density at radius 3 is 2.83 bits per heavy atom. The van der Waals surface area contributed by atoms with Gasteiger partial charge in [-0.05, 0) is 31.3 Å². The largest absolute Gasteiger partial charge is 0.486 e. The third-order valence-corrected chi connectivity index (χ3v) is 3.69. The first-order valence-electron chi connectivity index (χ1n) is 7.71.